The molecule has 0 aliphatic carbocycles. The molecule has 2 aliphatic rings. The Labute approximate surface area is 107 Å². The van der Waals surface area contributed by atoms with Gasteiger partial charge in [-0.2, -0.15) is 0 Å². The van der Waals surface area contributed by atoms with Gasteiger partial charge in [-0.25, -0.2) is 0 Å². The Balaban J connectivity index is 2.04. The summed E-state index contributed by atoms with van der Waals surface area (Å²) in [5.41, 5.74) is 0. The summed E-state index contributed by atoms with van der Waals surface area (Å²) in [4.78, 5) is 0. The van der Waals surface area contributed by atoms with Crippen LogP contribution in [0.1, 0.15) is 13.8 Å². The molecule has 0 unspecified atom stereocenters. The van der Waals surface area contributed by atoms with Gasteiger partial charge in [0, 0.05) is 7.11 Å². The minimum absolute atomic E-state index is 0.142. The van der Waals surface area contributed by atoms with E-state index in [1.54, 1.807) is 26.6 Å². The molecule has 5 nitrogen and oxygen atoms in total. The zero-order valence-corrected chi connectivity index (χ0v) is 11.2. The van der Waals surface area contributed by atoms with E-state index in [0.717, 1.165) is 0 Å². The first-order valence-corrected chi connectivity index (χ1v) is 5.97. The Morgan fingerprint density at radius 2 is 1.78 bits per heavy atom. The van der Waals surface area contributed by atoms with E-state index in [-0.39, 0.29) is 18.3 Å². The van der Waals surface area contributed by atoms with E-state index in [2.05, 4.69) is 0 Å². The third-order valence-electron chi connectivity index (χ3n) is 2.91. The number of hydrogen-bond donors (Lipinski definition) is 0. The second-order valence-corrected chi connectivity index (χ2v) is 4.72. The van der Waals surface area contributed by atoms with Gasteiger partial charge in [0.1, 0.15) is 18.3 Å². The van der Waals surface area contributed by atoms with Crippen LogP contribution in [0.2, 0.25) is 0 Å². The molecule has 0 aromatic rings. The van der Waals surface area contributed by atoms with Crippen LogP contribution in [0.25, 0.3) is 0 Å². The summed E-state index contributed by atoms with van der Waals surface area (Å²) >= 11 is 0. The van der Waals surface area contributed by atoms with Crippen molar-refractivity contribution in [3.8, 4) is 0 Å². The molecule has 2 saturated heterocycles. The molecule has 2 rings (SSSR count). The average Bonchev–Trinajstić information content (AvgIpc) is 2.78. The Morgan fingerprint density at radius 1 is 1.06 bits per heavy atom. The van der Waals surface area contributed by atoms with Gasteiger partial charge in [0.2, 0.25) is 0 Å². The van der Waals surface area contributed by atoms with Crippen LogP contribution >= 0.6 is 0 Å². The molecule has 0 saturated carbocycles. The molecule has 0 radical (unpaired) electrons. The lowest BCUT2D eigenvalue weighted by Crippen LogP contribution is -2.30. The number of methoxy groups -OCH3 is 2. The summed E-state index contributed by atoms with van der Waals surface area (Å²) < 4.78 is 27.4. The Morgan fingerprint density at radius 3 is 2.44 bits per heavy atom. The molecule has 0 N–H and O–H groups in total. The topological polar surface area (TPSA) is 46.2 Å². The summed E-state index contributed by atoms with van der Waals surface area (Å²) in [6.45, 7) is 3.78. The fourth-order valence-electron chi connectivity index (χ4n) is 2.23. The van der Waals surface area contributed by atoms with Crippen molar-refractivity contribution in [2.75, 3.05) is 14.2 Å². The van der Waals surface area contributed by atoms with Gasteiger partial charge < -0.3 is 23.7 Å². The van der Waals surface area contributed by atoms with Gasteiger partial charge in [-0.05, 0) is 19.9 Å². The lowest BCUT2D eigenvalue weighted by molar-refractivity contribution is -0.221. The Hall–Kier alpha value is -0.880. The largest absolute Gasteiger partial charge is 0.504 e. The number of hydrogen-bond acceptors (Lipinski definition) is 5. The second kappa shape index (κ2) is 5.40. The van der Waals surface area contributed by atoms with E-state index in [0.29, 0.717) is 0 Å². The van der Waals surface area contributed by atoms with Crippen molar-refractivity contribution in [3.05, 3.63) is 24.5 Å². The summed E-state index contributed by atoms with van der Waals surface area (Å²) in [5, 5.41) is 0. The molecular weight excluding hydrogens is 236 g/mol. The van der Waals surface area contributed by atoms with Crippen LogP contribution in [-0.4, -0.2) is 44.6 Å². The van der Waals surface area contributed by atoms with Gasteiger partial charge in [-0.3, -0.25) is 0 Å². The minimum atomic E-state index is -0.593. The standard InChI is InChI=1S/C13H20O5/c1-13(2)17-10-9(7-5-6-8-14-3)16-12(15-4)11(10)18-13/h5-12H,1-4H3/b7-5-,8-6+/t9-,10+,11+,12+/m1/s1. The predicted molar refractivity (Wildman–Crippen MR) is 64.8 cm³/mol. The minimum Gasteiger partial charge on any atom is -0.504 e. The zero-order valence-electron chi connectivity index (χ0n) is 11.2. The Bertz CT molecular complexity index is 336. The van der Waals surface area contributed by atoms with Crippen molar-refractivity contribution in [2.24, 2.45) is 0 Å². The van der Waals surface area contributed by atoms with Crippen LogP contribution in [-0.2, 0) is 23.7 Å². The molecule has 0 spiro atoms. The zero-order chi connectivity index (χ0) is 13.2. The van der Waals surface area contributed by atoms with Crippen molar-refractivity contribution in [1.29, 1.82) is 0 Å². The SMILES string of the molecule is CO/C=C/C=C\[C@H]1O[C@H](OC)[C@H]2OC(C)(C)O[C@H]21. The number of fused-ring (bicyclic) bond motifs is 1. The van der Waals surface area contributed by atoms with Gasteiger partial charge in [-0.1, -0.05) is 12.2 Å². The van der Waals surface area contributed by atoms with E-state index in [1.165, 1.54) is 0 Å². The van der Waals surface area contributed by atoms with Crippen molar-refractivity contribution < 1.29 is 23.7 Å². The lowest BCUT2D eigenvalue weighted by atomic mass is 10.1. The maximum Gasteiger partial charge on any atom is 0.187 e. The van der Waals surface area contributed by atoms with Crippen molar-refractivity contribution >= 4 is 0 Å². The Kier molecular flexibility index (Phi) is 4.07. The van der Waals surface area contributed by atoms with Crippen molar-refractivity contribution in [1.82, 2.24) is 0 Å². The van der Waals surface area contributed by atoms with Crippen LogP contribution in [0.4, 0.5) is 0 Å². The van der Waals surface area contributed by atoms with Crippen LogP contribution in [0.5, 0.6) is 0 Å². The molecular formula is C13H20O5. The normalized spacial score (nSPS) is 38.7. The maximum absolute atomic E-state index is 5.84. The number of allylic oxidation sites excluding steroid dienone is 2. The van der Waals surface area contributed by atoms with E-state index in [4.69, 9.17) is 23.7 Å². The first-order valence-electron chi connectivity index (χ1n) is 5.97. The third-order valence-corrected chi connectivity index (χ3v) is 2.91. The highest BCUT2D eigenvalue weighted by Crippen LogP contribution is 2.39. The molecule has 2 fully saturated rings. The molecule has 0 aromatic carbocycles. The summed E-state index contributed by atoms with van der Waals surface area (Å²) in [7, 11) is 3.21. The fourth-order valence-corrected chi connectivity index (χ4v) is 2.23. The second-order valence-electron chi connectivity index (χ2n) is 4.72. The van der Waals surface area contributed by atoms with Crippen LogP contribution in [0.3, 0.4) is 0 Å². The summed E-state index contributed by atoms with van der Waals surface area (Å²) in [5.74, 6) is -0.593. The van der Waals surface area contributed by atoms with Crippen molar-refractivity contribution in [3.63, 3.8) is 0 Å². The number of rotatable bonds is 4. The molecule has 0 bridgehead atoms. The highest BCUT2D eigenvalue weighted by molar-refractivity contribution is 5.09. The average molecular weight is 256 g/mol. The third kappa shape index (κ3) is 2.75. The summed E-state index contributed by atoms with van der Waals surface area (Å²) in [6.07, 6.45) is 6.25. The van der Waals surface area contributed by atoms with Gasteiger partial charge >= 0.3 is 0 Å². The maximum atomic E-state index is 5.84. The van der Waals surface area contributed by atoms with Gasteiger partial charge in [0.05, 0.1) is 13.4 Å². The molecule has 0 aromatic heterocycles. The highest BCUT2D eigenvalue weighted by Gasteiger charge is 2.54. The first kappa shape index (κ1) is 13.5. The molecule has 5 heteroatoms. The van der Waals surface area contributed by atoms with E-state index in [9.17, 15) is 0 Å². The quantitative estimate of drug-likeness (QED) is 0.564. The van der Waals surface area contributed by atoms with E-state index < -0.39 is 12.1 Å². The molecule has 4 atom stereocenters. The molecule has 2 heterocycles. The first-order chi connectivity index (χ1) is 8.57. The van der Waals surface area contributed by atoms with Crippen molar-refractivity contribution in [2.45, 2.75) is 44.2 Å². The fraction of sp³-hybridized carbons (Fsp3) is 0.692. The van der Waals surface area contributed by atoms with E-state index in [1.807, 2.05) is 26.0 Å². The molecule has 2 aliphatic heterocycles. The van der Waals surface area contributed by atoms with E-state index >= 15 is 0 Å². The lowest BCUT2D eigenvalue weighted by Gasteiger charge is -2.22. The van der Waals surface area contributed by atoms with Gasteiger partial charge in [0.25, 0.3) is 0 Å². The summed E-state index contributed by atoms with van der Waals surface area (Å²) in [6, 6.07) is 0. The number of ether oxygens (including phenoxy) is 5. The van der Waals surface area contributed by atoms with Gasteiger partial charge in [0.15, 0.2) is 12.1 Å². The monoisotopic (exact) mass is 256 g/mol. The molecule has 18 heavy (non-hydrogen) atoms. The van der Waals surface area contributed by atoms with Gasteiger partial charge in [-0.15, -0.1) is 0 Å². The van der Waals surface area contributed by atoms with Crippen LogP contribution in [0, 0.1) is 0 Å². The highest BCUT2D eigenvalue weighted by atomic mass is 16.8. The smallest absolute Gasteiger partial charge is 0.187 e. The van der Waals surface area contributed by atoms with Crippen LogP contribution < -0.4 is 0 Å². The molecule has 102 valence electrons. The predicted octanol–water partition coefficient (Wildman–Crippen LogP) is 1.59. The van der Waals surface area contributed by atoms with Crippen LogP contribution in [0.15, 0.2) is 24.5 Å². The molecule has 0 amide bonds.